The molecule has 0 bridgehead atoms. The first-order chi connectivity index (χ1) is 23.7. The van der Waals surface area contributed by atoms with Crippen LogP contribution in [0.15, 0.2) is 134 Å². The Hall–Kier alpha value is -6.54. The van der Waals surface area contributed by atoms with Crippen LogP contribution in [-0.2, 0) is 19.2 Å². The molecule has 0 spiro atoms. The average Bonchev–Trinajstić information content (AvgIpc) is 3.07. The summed E-state index contributed by atoms with van der Waals surface area (Å²) in [5.41, 5.74) is 5.85. The van der Waals surface area contributed by atoms with Crippen LogP contribution >= 0.6 is 0 Å². The van der Waals surface area contributed by atoms with Crippen molar-refractivity contribution in [2.75, 3.05) is 0 Å². The fourth-order valence-corrected chi connectivity index (χ4v) is 4.27. The molecule has 252 valence electrons. The van der Waals surface area contributed by atoms with E-state index in [1.807, 2.05) is 60.7 Å². The quantitative estimate of drug-likeness (QED) is 0.0637. The fraction of sp³-hybridized carbons (Fsp3) is 0.0952. The zero-order chi connectivity index (χ0) is 36.5. The number of esters is 4. The smallest absolute Gasteiger partial charge is 0.338 e. The largest absolute Gasteiger partial charge is 0.423 e. The van der Waals surface area contributed by atoms with Crippen molar-refractivity contribution >= 4 is 36.0 Å². The molecule has 0 fully saturated rings. The van der Waals surface area contributed by atoms with E-state index in [2.05, 4.69) is 26.3 Å². The third-order valence-electron chi connectivity index (χ3n) is 6.95. The third-order valence-corrected chi connectivity index (χ3v) is 6.95. The fourth-order valence-electron chi connectivity index (χ4n) is 4.27. The van der Waals surface area contributed by atoms with Crippen LogP contribution in [0.5, 0.6) is 23.0 Å². The summed E-state index contributed by atoms with van der Waals surface area (Å²) in [7, 11) is 0. The van der Waals surface area contributed by atoms with E-state index < -0.39 is 23.9 Å². The van der Waals surface area contributed by atoms with Crippen LogP contribution in [0.2, 0.25) is 0 Å². The second kappa shape index (κ2) is 16.0. The van der Waals surface area contributed by atoms with Crippen molar-refractivity contribution in [3.8, 4) is 45.3 Å². The maximum atomic E-state index is 12.2. The molecule has 0 aliphatic carbocycles. The Morgan fingerprint density at radius 3 is 1.02 bits per heavy atom. The monoisotopic (exact) mass is 668 g/mol. The van der Waals surface area contributed by atoms with Crippen molar-refractivity contribution in [2.45, 2.75) is 27.7 Å². The van der Waals surface area contributed by atoms with Crippen molar-refractivity contribution in [2.24, 2.45) is 0 Å². The van der Waals surface area contributed by atoms with E-state index in [9.17, 15) is 19.2 Å². The highest BCUT2D eigenvalue weighted by molar-refractivity contribution is 5.91. The molecule has 0 aliphatic rings. The normalized spacial score (nSPS) is 10.6. The summed E-state index contributed by atoms with van der Waals surface area (Å²) in [5.74, 6) is -1.58. The molecule has 0 amide bonds. The highest BCUT2D eigenvalue weighted by atomic mass is 16.6. The molecule has 8 nitrogen and oxygen atoms in total. The average molecular weight is 669 g/mol. The number of carbonyl (C=O) groups excluding carboxylic acids is 4. The highest BCUT2D eigenvalue weighted by Gasteiger charge is 2.14. The minimum atomic E-state index is -0.599. The lowest BCUT2D eigenvalue weighted by atomic mass is 9.99. The molecule has 0 radical (unpaired) electrons. The van der Waals surface area contributed by atoms with Gasteiger partial charge in [-0.05, 0) is 85.3 Å². The Balaban J connectivity index is 1.55. The van der Waals surface area contributed by atoms with Crippen LogP contribution in [-0.4, -0.2) is 23.9 Å². The van der Waals surface area contributed by atoms with Crippen molar-refractivity contribution in [3.63, 3.8) is 0 Å². The van der Waals surface area contributed by atoms with Gasteiger partial charge in [-0.1, -0.05) is 87.0 Å². The Kier molecular flexibility index (Phi) is 11.6. The summed E-state index contributed by atoms with van der Waals surface area (Å²) in [6.07, 6.45) is 3.69. The van der Waals surface area contributed by atoms with Gasteiger partial charge in [-0.15, -0.1) is 0 Å². The van der Waals surface area contributed by atoms with E-state index in [4.69, 9.17) is 18.9 Å². The predicted molar refractivity (Wildman–Crippen MR) is 194 cm³/mol. The zero-order valence-corrected chi connectivity index (χ0v) is 28.3. The summed E-state index contributed by atoms with van der Waals surface area (Å²) in [6, 6.07) is 25.2. The van der Waals surface area contributed by atoms with Gasteiger partial charge in [0.1, 0.15) is 23.0 Å². The third kappa shape index (κ3) is 9.98. The molecule has 0 saturated carbocycles. The van der Waals surface area contributed by atoms with Gasteiger partial charge in [-0.3, -0.25) is 0 Å². The standard InChI is InChI=1S/C42H36O8/c1-25(2)39(43)47-35-19-30(20-36(23-35)48-40(44)26(3)4)10-9-29-11-13-31(14-12-29)32-15-17-33(18-16-32)34-21-37(49-41(45)27(5)6)24-38(22-34)50-42(46)28(7)8/h9-24H,1,3,5,7H2,2,4,6,8H3/b10-9+. The first kappa shape index (κ1) is 36.3. The maximum Gasteiger partial charge on any atom is 0.338 e. The molecule has 0 N–H and O–H groups in total. The van der Waals surface area contributed by atoms with E-state index >= 15 is 0 Å². The minimum absolute atomic E-state index is 0.201. The lowest BCUT2D eigenvalue weighted by Gasteiger charge is -2.12. The highest BCUT2D eigenvalue weighted by Crippen LogP contribution is 2.33. The van der Waals surface area contributed by atoms with Crippen LogP contribution in [0.3, 0.4) is 0 Å². The van der Waals surface area contributed by atoms with Gasteiger partial charge in [0.05, 0.1) is 0 Å². The van der Waals surface area contributed by atoms with Crippen LogP contribution in [0.25, 0.3) is 34.4 Å². The number of hydrogen-bond donors (Lipinski definition) is 0. The summed E-state index contributed by atoms with van der Waals surface area (Å²) < 4.78 is 21.6. The van der Waals surface area contributed by atoms with Crippen LogP contribution in [0.4, 0.5) is 0 Å². The molecule has 4 rings (SSSR count). The predicted octanol–water partition coefficient (Wildman–Crippen LogP) is 9.12. The Bertz CT molecular complexity index is 1970. The van der Waals surface area contributed by atoms with Gasteiger partial charge >= 0.3 is 23.9 Å². The van der Waals surface area contributed by atoms with Gasteiger partial charge in [0.2, 0.25) is 0 Å². The zero-order valence-electron chi connectivity index (χ0n) is 28.3. The van der Waals surface area contributed by atoms with Crippen LogP contribution in [0.1, 0.15) is 38.8 Å². The van der Waals surface area contributed by atoms with Gasteiger partial charge in [0.25, 0.3) is 0 Å². The molecule has 0 aliphatic heterocycles. The summed E-state index contributed by atoms with van der Waals surface area (Å²) >= 11 is 0. The first-order valence-electron chi connectivity index (χ1n) is 15.4. The van der Waals surface area contributed by atoms with Gasteiger partial charge in [0.15, 0.2) is 0 Å². The summed E-state index contributed by atoms with van der Waals surface area (Å²) in [5, 5.41) is 0. The molecule has 0 saturated heterocycles. The van der Waals surface area contributed by atoms with Gasteiger partial charge < -0.3 is 18.9 Å². The summed E-state index contributed by atoms with van der Waals surface area (Å²) in [6.45, 7) is 20.6. The number of rotatable bonds is 12. The lowest BCUT2D eigenvalue weighted by Crippen LogP contribution is -2.10. The molecule has 4 aromatic carbocycles. The van der Waals surface area contributed by atoms with Crippen molar-refractivity contribution < 1.29 is 38.1 Å². The van der Waals surface area contributed by atoms with Crippen molar-refractivity contribution in [1.29, 1.82) is 0 Å². The molecule has 0 heterocycles. The molecule has 0 unspecified atom stereocenters. The molecular weight excluding hydrogens is 632 g/mol. The lowest BCUT2D eigenvalue weighted by molar-refractivity contribution is -0.131. The number of carbonyl (C=O) groups is 4. The van der Waals surface area contributed by atoms with Gasteiger partial charge in [0, 0.05) is 34.4 Å². The Morgan fingerprint density at radius 2 is 0.680 bits per heavy atom. The number of ether oxygens (including phenoxy) is 4. The molecule has 0 atom stereocenters. The van der Waals surface area contributed by atoms with Crippen molar-refractivity contribution in [1.82, 2.24) is 0 Å². The molecule has 4 aromatic rings. The maximum absolute atomic E-state index is 12.2. The van der Waals surface area contributed by atoms with E-state index in [1.165, 1.54) is 12.1 Å². The molecule has 0 aromatic heterocycles. The SMILES string of the molecule is C=C(C)C(=O)Oc1cc(/C=C/c2ccc(-c3ccc(-c4cc(OC(=O)C(=C)C)cc(OC(=O)C(=C)C)c4)cc3)cc2)cc(OC(=O)C(=C)C)c1. The van der Waals surface area contributed by atoms with E-state index in [1.54, 1.807) is 52.0 Å². The number of hydrogen-bond acceptors (Lipinski definition) is 8. The van der Waals surface area contributed by atoms with E-state index in [-0.39, 0.29) is 45.3 Å². The van der Waals surface area contributed by atoms with Gasteiger partial charge in [-0.25, -0.2) is 19.2 Å². The van der Waals surface area contributed by atoms with Gasteiger partial charge in [-0.2, -0.15) is 0 Å². The summed E-state index contributed by atoms with van der Waals surface area (Å²) in [4.78, 5) is 48.6. The van der Waals surface area contributed by atoms with Crippen LogP contribution < -0.4 is 18.9 Å². The second-order valence-electron chi connectivity index (χ2n) is 11.6. The second-order valence-corrected chi connectivity index (χ2v) is 11.6. The minimum Gasteiger partial charge on any atom is -0.423 e. The van der Waals surface area contributed by atoms with Crippen LogP contribution in [0, 0.1) is 0 Å². The molecule has 50 heavy (non-hydrogen) atoms. The Morgan fingerprint density at radius 1 is 0.400 bits per heavy atom. The molecular formula is C42H36O8. The van der Waals surface area contributed by atoms with E-state index in [0.29, 0.717) is 11.1 Å². The molecule has 8 heteroatoms. The van der Waals surface area contributed by atoms with Crippen molar-refractivity contribution in [3.05, 3.63) is 145 Å². The topological polar surface area (TPSA) is 105 Å². The number of benzene rings is 4. The van der Waals surface area contributed by atoms with E-state index in [0.717, 1.165) is 22.3 Å². The first-order valence-corrected chi connectivity index (χ1v) is 15.4. The Labute approximate surface area is 291 Å².